The van der Waals surface area contributed by atoms with Crippen LogP contribution in [0.4, 0.5) is 5.69 Å². The minimum absolute atomic E-state index is 0.340. The third kappa shape index (κ3) is 3.67. The second-order valence-electron chi connectivity index (χ2n) is 4.03. The van der Waals surface area contributed by atoms with Crippen LogP contribution < -0.4 is 10.1 Å². The minimum Gasteiger partial charge on any atom is -0.419 e. The predicted molar refractivity (Wildman–Crippen MR) is 71.9 cm³/mol. The zero-order chi connectivity index (χ0) is 13.7. The highest BCUT2D eigenvalue weighted by Gasteiger charge is 2.16. The van der Waals surface area contributed by atoms with Crippen LogP contribution >= 0.6 is 0 Å². The molecule has 96 valence electrons. The highest BCUT2D eigenvalue weighted by molar-refractivity contribution is 6.37. The molecular formula is C15H13NO3. The Balaban J connectivity index is 1.98. The van der Waals surface area contributed by atoms with Crippen LogP contribution in [0.1, 0.15) is 5.56 Å². The molecule has 0 heterocycles. The van der Waals surface area contributed by atoms with E-state index in [0.29, 0.717) is 11.4 Å². The van der Waals surface area contributed by atoms with Gasteiger partial charge in [-0.25, -0.2) is 4.79 Å². The number of para-hydroxylation sites is 1. The van der Waals surface area contributed by atoms with Crippen LogP contribution in [-0.4, -0.2) is 11.9 Å². The summed E-state index contributed by atoms with van der Waals surface area (Å²) in [4.78, 5) is 23.2. The molecule has 4 heteroatoms. The van der Waals surface area contributed by atoms with Gasteiger partial charge in [-0.05, 0) is 36.8 Å². The molecule has 0 radical (unpaired) electrons. The number of aryl methyl sites for hydroxylation is 1. The molecule has 0 aliphatic rings. The molecule has 1 N–H and O–H groups in total. The van der Waals surface area contributed by atoms with E-state index in [1.165, 1.54) is 0 Å². The number of nitrogens with one attached hydrogen (secondary N) is 1. The van der Waals surface area contributed by atoms with Crippen molar-refractivity contribution in [2.24, 2.45) is 0 Å². The maximum absolute atomic E-state index is 11.6. The Bertz CT molecular complexity index is 593. The van der Waals surface area contributed by atoms with Gasteiger partial charge in [0, 0.05) is 5.69 Å². The van der Waals surface area contributed by atoms with E-state index < -0.39 is 11.9 Å². The SMILES string of the molecule is Cc1cccc(NC(=O)C(=O)Oc2ccccc2)c1. The summed E-state index contributed by atoms with van der Waals surface area (Å²) in [6, 6.07) is 15.6. The van der Waals surface area contributed by atoms with Crippen molar-refractivity contribution in [3.8, 4) is 5.75 Å². The topological polar surface area (TPSA) is 55.4 Å². The van der Waals surface area contributed by atoms with Crippen LogP contribution in [0, 0.1) is 6.92 Å². The molecule has 1 amide bonds. The number of esters is 1. The van der Waals surface area contributed by atoms with E-state index >= 15 is 0 Å². The summed E-state index contributed by atoms with van der Waals surface area (Å²) in [5.41, 5.74) is 1.56. The highest BCUT2D eigenvalue weighted by atomic mass is 16.5. The molecule has 0 aromatic heterocycles. The lowest BCUT2D eigenvalue weighted by molar-refractivity contribution is -0.145. The van der Waals surface area contributed by atoms with Crippen molar-refractivity contribution < 1.29 is 14.3 Å². The van der Waals surface area contributed by atoms with Crippen molar-refractivity contribution in [1.29, 1.82) is 0 Å². The smallest absolute Gasteiger partial charge is 0.402 e. The Morgan fingerprint density at radius 1 is 1.00 bits per heavy atom. The van der Waals surface area contributed by atoms with Crippen LogP contribution in [0.5, 0.6) is 5.75 Å². The fourth-order valence-electron chi connectivity index (χ4n) is 1.55. The van der Waals surface area contributed by atoms with Gasteiger partial charge in [-0.15, -0.1) is 0 Å². The number of hydrogen-bond acceptors (Lipinski definition) is 3. The van der Waals surface area contributed by atoms with Crippen molar-refractivity contribution in [2.75, 3.05) is 5.32 Å². The molecule has 2 rings (SSSR count). The molecule has 0 saturated carbocycles. The van der Waals surface area contributed by atoms with Gasteiger partial charge in [0.05, 0.1) is 0 Å². The summed E-state index contributed by atoms with van der Waals surface area (Å²) in [5, 5.41) is 2.49. The van der Waals surface area contributed by atoms with Gasteiger partial charge in [-0.2, -0.15) is 0 Å². The summed E-state index contributed by atoms with van der Waals surface area (Å²) in [5.74, 6) is -1.39. The first-order valence-electron chi connectivity index (χ1n) is 5.80. The van der Waals surface area contributed by atoms with E-state index in [0.717, 1.165) is 5.56 Å². The highest BCUT2D eigenvalue weighted by Crippen LogP contribution is 2.11. The van der Waals surface area contributed by atoms with Gasteiger partial charge < -0.3 is 10.1 Å². The minimum atomic E-state index is -0.937. The van der Waals surface area contributed by atoms with Crippen molar-refractivity contribution in [1.82, 2.24) is 0 Å². The summed E-state index contributed by atoms with van der Waals surface area (Å²) < 4.78 is 4.93. The van der Waals surface area contributed by atoms with Gasteiger partial charge >= 0.3 is 11.9 Å². The third-order valence-corrected chi connectivity index (χ3v) is 2.42. The molecule has 0 fully saturated rings. The molecule has 0 bridgehead atoms. The molecule has 0 aliphatic carbocycles. The van der Waals surface area contributed by atoms with Gasteiger partial charge in [0.2, 0.25) is 0 Å². The molecule has 0 atom stereocenters. The second kappa shape index (κ2) is 5.82. The van der Waals surface area contributed by atoms with Crippen LogP contribution in [0.25, 0.3) is 0 Å². The van der Waals surface area contributed by atoms with Gasteiger partial charge in [-0.1, -0.05) is 30.3 Å². The van der Waals surface area contributed by atoms with Gasteiger partial charge in [0.1, 0.15) is 5.75 Å². The molecule has 19 heavy (non-hydrogen) atoms. The lowest BCUT2D eigenvalue weighted by Crippen LogP contribution is -2.27. The maximum atomic E-state index is 11.6. The molecule has 0 unspecified atom stereocenters. The molecule has 2 aromatic rings. The van der Waals surface area contributed by atoms with E-state index in [4.69, 9.17) is 4.74 Å². The molecule has 0 aliphatic heterocycles. The van der Waals surface area contributed by atoms with E-state index in [9.17, 15) is 9.59 Å². The zero-order valence-electron chi connectivity index (χ0n) is 10.4. The fraction of sp³-hybridized carbons (Fsp3) is 0.0667. The number of benzene rings is 2. The first kappa shape index (κ1) is 12.8. The first-order chi connectivity index (χ1) is 9.15. The molecular weight excluding hydrogens is 242 g/mol. The van der Waals surface area contributed by atoms with Crippen molar-refractivity contribution >= 4 is 17.6 Å². The lowest BCUT2D eigenvalue weighted by Gasteiger charge is -2.06. The van der Waals surface area contributed by atoms with E-state index in [-0.39, 0.29) is 0 Å². The standard InChI is InChI=1S/C15H13NO3/c1-11-6-5-7-12(10-11)16-14(17)15(18)19-13-8-3-2-4-9-13/h2-10H,1H3,(H,16,17). The number of ether oxygens (including phenoxy) is 1. The third-order valence-electron chi connectivity index (χ3n) is 2.42. The molecule has 0 spiro atoms. The monoisotopic (exact) mass is 255 g/mol. The molecule has 4 nitrogen and oxygen atoms in total. The normalized spacial score (nSPS) is 9.74. The predicted octanol–water partition coefficient (Wildman–Crippen LogP) is 2.54. The maximum Gasteiger partial charge on any atom is 0.402 e. The largest absolute Gasteiger partial charge is 0.419 e. The summed E-state index contributed by atoms with van der Waals surface area (Å²) >= 11 is 0. The molecule has 0 saturated heterocycles. The fourth-order valence-corrected chi connectivity index (χ4v) is 1.55. The van der Waals surface area contributed by atoms with Crippen LogP contribution in [0.2, 0.25) is 0 Å². The number of carbonyl (C=O) groups is 2. The van der Waals surface area contributed by atoms with Gasteiger partial charge in [0.25, 0.3) is 0 Å². The Kier molecular flexibility index (Phi) is 3.93. The summed E-state index contributed by atoms with van der Waals surface area (Å²) in [6.07, 6.45) is 0. The van der Waals surface area contributed by atoms with Crippen LogP contribution in [0.3, 0.4) is 0 Å². The van der Waals surface area contributed by atoms with Crippen LogP contribution in [0.15, 0.2) is 54.6 Å². The van der Waals surface area contributed by atoms with Crippen molar-refractivity contribution in [3.63, 3.8) is 0 Å². The van der Waals surface area contributed by atoms with Crippen molar-refractivity contribution in [2.45, 2.75) is 6.92 Å². The van der Waals surface area contributed by atoms with E-state index in [2.05, 4.69) is 5.32 Å². The number of hydrogen-bond donors (Lipinski definition) is 1. The number of amides is 1. The Morgan fingerprint density at radius 2 is 1.74 bits per heavy atom. The second-order valence-corrected chi connectivity index (χ2v) is 4.03. The van der Waals surface area contributed by atoms with Gasteiger partial charge in [-0.3, -0.25) is 4.79 Å². The summed E-state index contributed by atoms with van der Waals surface area (Å²) in [6.45, 7) is 1.90. The lowest BCUT2D eigenvalue weighted by atomic mass is 10.2. The average molecular weight is 255 g/mol. The Hall–Kier alpha value is -2.62. The zero-order valence-corrected chi connectivity index (χ0v) is 10.4. The van der Waals surface area contributed by atoms with E-state index in [1.54, 1.807) is 48.5 Å². The summed E-state index contributed by atoms with van der Waals surface area (Å²) in [7, 11) is 0. The average Bonchev–Trinajstić information content (AvgIpc) is 2.40. The van der Waals surface area contributed by atoms with Gasteiger partial charge in [0.15, 0.2) is 0 Å². The molecule has 2 aromatic carbocycles. The van der Waals surface area contributed by atoms with Crippen LogP contribution in [-0.2, 0) is 9.59 Å². The first-order valence-corrected chi connectivity index (χ1v) is 5.80. The number of anilines is 1. The van der Waals surface area contributed by atoms with E-state index in [1.807, 2.05) is 13.0 Å². The Morgan fingerprint density at radius 3 is 2.42 bits per heavy atom. The van der Waals surface area contributed by atoms with Crippen molar-refractivity contribution in [3.05, 3.63) is 60.2 Å². The quantitative estimate of drug-likeness (QED) is 0.509. The number of rotatable bonds is 2. The number of carbonyl (C=O) groups excluding carboxylic acids is 2. The Labute approximate surface area is 111 Å².